The van der Waals surface area contributed by atoms with Gasteiger partial charge in [-0.15, -0.1) is 0 Å². The molecule has 1 saturated heterocycles. The summed E-state index contributed by atoms with van der Waals surface area (Å²) in [6.07, 6.45) is 1.18. The lowest BCUT2D eigenvalue weighted by Crippen LogP contribution is -2.49. The lowest BCUT2D eigenvalue weighted by molar-refractivity contribution is -0.144. The number of carbonyl (C=O) groups is 2. The van der Waals surface area contributed by atoms with Crippen LogP contribution in [0.3, 0.4) is 0 Å². The zero-order chi connectivity index (χ0) is 18.0. The molecule has 0 spiro atoms. The van der Waals surface area contributed by atoms with Gasteiger partial charge in [-0.05, 0) is 38.0 Å². The normalized spacial score (nSPS) is 20.3. The second-order valence-electron chi connectivity index (χ2n) is 6.13. The minimum Gasteiger partial charge on any atom is -0.481 e. The fourth-order valence-corrected chi connectivity index (χ4v) is 3.19. The van der Waals surface area contributed by atoms with Gasteiger partial charge in [0.05, 0.1) is 11.6 Å². The molecule has 1 aliphatic rings. The van der Waals surface area contributed by atoms with Crippen molar-refractivity contribution in [2.75, 3.05) is 6.54 Å². The van der Waals surface area contributed by atoms with Crippen LogP contribution in [0.2, 0.25) is 0 Å². The maximum absolute atomic E-state index is 12.8. The molecule has 0 aliphatic carbocycles. The molecule has 1 aliphatic heterocycles. The van der Waals surface area contributed by atoms with E-state index in [9.17, 15) is 19.5 Å². The summed E-state index contributed by atoms with van der Waals surface area (Å²) in [7, 11) is 0. The van der Waals surface area contributed by atoms with Gasteiger partial charge in [-0.25, -0.2) is 0 Å². The Balaban J connectivity index is 1.93. The molecular weight excluding hydrogens is 322 g/mol. The first-order chi connectivity index (χ1) is 12.0. The second-order valence-corrected chi connectivity index (χ2v) is 6.13. The van der Waals surface area contributed by atoms with Gasteiger partial charge in [0.1, 0.15) is 5.69 Å². The third-order valence-corrected chi connectivity index (χ3v) is 4.59. The number of piperidine rings is 1. The Morgan fingerprint density at radius 2 is 1.88 bits per heavy atom. The molecule has 2 atom stereocenters. The number of rotatable bonds is 3. The molecule has 2 aromatic rings. The summed E-state index contributed by atoms with van der Waals surface area (Å²) in [5, 5.41) is 13.5. The van der Waals surface area contributed by atoms with Gasteiger partial charge in [-0.2, -0.15) is 9.78 Å². The summed E-state index contributed by atoms with van der Waals surface area (Å²) in [4.78, 5) is 37.8. The molecule has 7 heteroatoms. The average molecular weight is 341 g/mol. The van der Waals surface area contributed by atoms with Crippen LogP contribution in [0.15, 0.2) is 47.3 Å². The van der Waals surface area contributed by atoms with Crippen LogP contribution in [-0.4, -0.2) is 44.3 Å². The topological polar surface area (TPSA) is 92.5 Å². The van der Waals surface area contributed by atoms with E-state index in [1.165, 1.54) is 21.7 Å². The largest absolute Gasteiger partial charge is 0.481 e. The number of carboxylic acids is 1. The molecule has 0 bridgehead atoms. The van der Waals surface area contributed by atoms with Crippen LogP contribution in [-0.2, 0) is 4.79 Å². The highest BCUT2D eigenvalue weighted by molar-refractivity contribution is 5.92. The molecule has 0 radical (unpaired) electrons. The zero-order valence-electron chi connectivity index (χ0n) is 13.8. The van der Waals surface area contributed by atoms with E-state index in [0.717, 1.165) is 0 Å². The highest BCUT2D eigenvalue weighted by Crippen LogP contribution is 2.25. The molecule has 0 unspecified atom stereocenters. The van der Waals surface area contributed by atoms with E-state index in [1.807, 2.05) is 6.07 Å². The van der Waals surface area contributed by atoms with Crippen LogP contribution in [0.1, 0.15) is 30.3 Å². The number of aromatic nitrogens is 2. The Bertz CT molecular complexity index is 847. The average Bonchev–Trinajstić information content (AvgIpc) is 2.62. The Labute approximate surface area is 144 Å². The van der Waals surface area contributed by atoms with E-state index in [2.05, 4.69) is 5.10 Å². The molecule has 7 nitrogen and oxygen atoms in total. The summed E-state index contributed by atoms with van der Waals surface area (Å²) >= 11 is 0. The smallest absolute Gasteiger partial charge is 0.308 e. The van der Waals surface area contributed by atoms with E-state index in [1.54, 1.807) is 31.2 Å². The van der Waals surface area contributed by atoms with Gasteiger partial charge in [0.2, 0.25) is 0 Å². The van der Waals surface area contributed by atoms with Crippen LogP contribution in [0.5, 0.6) is 0 Å². The van der Waals surface area contributed by atoms with Crippen molar-refractivity contribution in [1.29, 1.82) is 0 Å². The number of likely N-dealkylation sites (tertiary alicyclic amines) is 1. The molecule has 25 heavy (non-hydrogen) atoms. The molecule has 2 heterocycles. The highest BCUT2D eigenvalue weighted by Gasteiger charge is 2.36. The van der Waals surface area contributed by atoms with E-state index in [-0.39, 0.29) is 17.2 Å². The second kappa shape index (κ2) is 6.88. The molecule has 1 aromatic heterocycles. The molecule has 1 amide bonds. The predicted octanol–water partition coefficient (Wildman–Crippen LogP) is 1.56. The minimum absolute atomic E-state index is 0.126. The Morgan fingerprint density at radius 1 is 1.16 bits per heavy atom. The maximum atomic E-state index is 12.8. The van der Waals surface area contributed by atoms with Crippen LogP contribution < -0.4 is 5.56 Å². The molecule has 1 fully saturated rings. The molecule has 130 valence electrons. The van der Waals surface area contributed by atoms with Crippen LogP contribution in [0, 0.1) is 5.92 Å². The number of para-hydroxylation sites is 1. The predicted molar refractivity (Wildman–Crippen MR) is 90.7 cm³/mol. The quantitative estimate of drug-likeness (QED) is 0.914. The van der Waals surface area contributed by atoms with Gasteiger partial charge < -0.3 is 10.0 Å². The molecular formula is C18H19N3O4. The van der Waals surface area contributed by atoms with Crippen molar-refractivity contribution < 1.29 is 14.7 Å². The van der Waals surface area contributed by atoms with E-state index >= 15 is 0 Å². The SMILES string of the molecule is C[C@@H]1[C@H](C(=O)O)CCCN1C(=O)c1ccc(=O)n(-c2ccccc2)n1. The number of aliphatic carboxylic acids is 1. The van der Waals surface area contributed by atoms with Gasteiger partial charge in [0.15, 0.2) is 0 Å². The molecule has 3 rings (SSSR count). The summed E-state index contributed by atoms with van der Waals surface area (Å²) < 4.78 is 1.18. The molecule has 1 aromatic carbocycles. The summed E-state index contributed by atoms with van der Waals surface area (Å²) in [5.74, 6) is -1.84. The highest BCUT2D eigenvalue weighted by atomic mass is 16.4. The lowest BCUT2D eigenvalue weighted by Gasteiger charge is -2.37. The number of amides is 1. The maximum Gasteiger partial charge on any atom is 0.308 e. The summed E-state index contributed by atoms with van der Waals surface area (Å²) in [5.41, 5.74) is 0.358. The van der Waals surface area contributed by atoms with E-state index in [0.29, 0.717) is 25.1 Å². The van der Waals surface area contributed by atoms with Crippen molar-refractivity contribution >= 4 is 11.9 Å². The van der Waals surface area contributed by atoms with Crippen molar-refractivity contribution in [3.8, 4) is 5.69 Å². The van der Waals surface area contributed by atoms with Gasteiger partial charge in [0.25, 0.3) is 11.5 Å². The van der Waals surface area contributed by atoms with Crippen LogP contribution in [0.25, 0.3) is 5.69 Å². The first-order valence-corrected chi connectivity index (χ1v) is 8.18. The third-order valence-electron chi connectivity index (χ3n) is 4.59. The van der Waals surface area contributed by atoms with Gasteiger partial charge in [-0.3, -0.25) is 14.4 Å². The number of hydrogen-bond donors (Lipinski definition) is 1. The van der Waals surface area contributed by atoms with E-state index in [4.69, 9.17) is 0 Å². The van der Waals surface area contributed by atoms with Crippen LogP contribution >= 0.6 is 0 Å². The summed E-state index contributed by atoms with van der Waals surface area (Å²) in [6, 6.07) is 11.1. The van der Waals surface area contributed by atoms with E-state index < -0.39 is 17.9 Å². The molecule has 1 N–H and O–H groups in total. The van der Waals surface area contributed by atoms with Crippen molar-refractivity contribution in [2.45, 2.75) is 25.8 Å². The minimum atomic E-state index is -0.896. The number of carbonyl (C=O) groups excluding carboxylic acids is 1. The standard InChI is InChI=1S/C18H19N3O4/c1-12-14(18(24)25)8-5-11-20(12)17(23)15-9-10-16(22)21(19-15)13-6-3-2-4-7-13/h2-4,6-7,9-10,12,14H,5,8,11H2,1H3,(H,24,25)/t12-,14-/m1/s1. The van der Waals surface area contributed by atoms with Gasteiger partial charge >= 0.3 is 5.97 Å². The van der Waals surface area contributed by atoms with Crippen molar-refractivity contribution in [3.63, 3.8) is 0 Å². The fourth-order valence-electron chi connectivity index (χ4n) is 3.19. The van der Waals surface area contributed by atoms with Crippen molar-refractivity contribution in [1.82, 2.24) is 14.7 Å². The number of nitrogens with zero attached hydrogens (tertiary/aromatic N) is 3. The number of hydrogen-bond acceptors (Lipinski definition) is 4. The summed E-state index contributed by atoms with van der Waals surface area (Å²) in [6.45, 7) is 2.22. The van der Waals surface area contributed by atoms with Crippen LogP contribution in [0.4, 0.5) is 0 Å². The van der Waals surface area contributed by atoms with Gasteiger partial charge in [0, 0.05) is 18.7 Å². The van der Waals surface area contributed by atoms with Crippen molar-refractivity contribution in [3.05, 3.63) is 58.5 Å². The zero-order valence-corrected chi connectivity index (χ0v) is 13.8. The van der Waals surface area contributed by atoms with Gasteiger partial charge in [-0.1, -0.05) is 18.2 Å². The monoisotopic (exact) mass is 341 g/mol. The fraction of sp³-hybridized carbons (Fsp3) is 0.333. The first-order valence-electron chi connectivity index (χ1n) is 8.18. The number of carboxylic acid groups (broad SMARTS) is 1. The van der Waals surface area contributed by atoms with Crippen molar-refractivity contribution in [2.24, 2.45) is 5.92 Å². The Hall–Kier alpha value is -2.96. The first kappa shape index (κ1) is 16.9. The number of benzene rings is 1. The lowest BCUT2D eigenvalue weighted by atomic mass is 9.90. The Morgan fingerprint density at radius 3 is 2.56 bits per heavy atom. The third kappa shape index (κ3) is 3.31. The Kier molecular flexibility index (Phi) is 4.65. The molecule has 0 saturated carbocycles.